The molecule has 1 saturated carbocycles. The van der Waals surface area contributed by atoms with Gasteiger partial charge in [0.25, 0.3) is 0 Å². The van der Waals surface area contributed by atoms with E-state index in [-0.39, 0.29) is 6.04 Å². The predicted molar refractivity (Wildman–Crippen MR) is 63.3 cm³/mol. The van der Waals surface area contributed by atoms with Crippen LogP contribution < -0.4 is 11.3 Å². The van der Waals surface area contributed by atoms with Gasteiger partial charge in [-0.15, -0.1) is 0 Å². The minimum atomic E-state index is 0.147. The smallest absolute Gasteiger partial charge is 0.0769 e. The van der Waals surface area contributed by atoms with Crippen LogP contribution >= 0.6 is 0 Å². The van der Waals surface area contributed by atoms with Gasteiger partial charge in [-0.2, -0.15) is 0 Å². The normalized spacial score (nSPS) is 18.8. The van der Waals surface area contributed by atoms with E-state index in [0.717, 1.165) is 18.0 Å². The Labute approximate surface area is 96.6 Å². The highest BCUT2D eigenvalue weighted by molar-refractivity contribution is 5.01. The van der Waals surface area contributed by atoms with Crippen LogP contribution in [0.2, 0.25) is 0 Å². The maximum absolute atomic E-state index is 5.57. The molecule has 3 N–H and O–H groups in total. The minimum absolute atomic E-state index is 0.147. The largest absolute Gasteiger partial charge is 0.271 e. The summed E-state index contributed by atoms with van der Waals surface area (Å²) in [5, 5.41) is 0. The van der Waals surface area contributed by atoms with Gasteiger partial charge in [0.2, 0.25) is 0 Å². The number of hydrogen-bond acceptors (Lipinski definition) is 4. The Balaban J connectivity index is 1.85. The van der Waals surface area contributed by atoms with E-state index >= 15 is 0 Å². The molecule has 0 saturated heterocycles. The molecule has 1 aliphatic rings. The van der Waals surface area contributed by atoms with E-state index in [2.05, 4.69) is 15.4 Å². The molecule has 1 aromatic heterocycles. The van der Waals surface area contributed by atoms with Gasteiger partial charge in [-0.25, -0.2) is 0 Å². The molecule has 0 amide bonds. The number of aromatic nitrogens is 2. The van der Waals surface area contributed by atoms with Crippen LogP contribution in [0.1, 0.15) is 50.3 Å². The summed E-state index contributed by atoms with van der Waals surface area (Å²) in [7, 11) is 0. The Morgan fingerprint density at radius 1 is 1.38 bits per heavy atom. The number of nitrogens with zero attached hydrogens (tertiary/aromatic N) is 2. The first-order valence-corrected chi connectivity index (χ1v) is 6.12. The minimum Gasteiger partial charge on any atom is -0.271 e. The van der Waals surface area contributed by atoms with Crippen molar-refractivity contribution < 1.29 is 0 Å². The molecule has 0 bridgehead atoms. The summed E-state index contributed by atoms with van der Waals surface area (Å²) < 4.78 is 0. The van der Waals surface area contributed by atoms with Gasteiger partial charge in [0.1, 0.15) is 0 Å². The Morgan fingerprint density at radius 2 is 2.19 bits per heavy atom. The van der Waals surface area contributed by atoms with Crippen LogP contribution in [0.4, 0.5) is 0 Å². The van der Waals surface area contributed by atoms with Gasteiger partial charge in [-0.05, 0) is 18.8 Å². The first kappa shape index (κ1) is 11.5. The average Bonchev–Trinajstić information content (AvgIpc) is 2.84. The lowest BCUT2D eigenvalue weighted by Crippen LogP contribution is -2.29. The number of hydrogen-bond donors (Lipinski definition) is 2. The van der Waals surface area contributed by atoms with Crippen molar-refractivity contribution in [2.45, 2.75) is 44.6 Å². The second-order valence-electron chi connectivity index (χ2n) is 4.58. The van der Waals surface area contributed by atoms with Gasteiger partial charge < -0.3 is 0 Å². The molecule has 2 rings (SSSR count). The van der Waals surface area contributed by atoms with Gasteiger partial charge in [0.15, 0.2) is 0 Å². The summed E-state index contributed by atoms with van der Waals surface area (Å²) in [4.78, 5) is 8.37. The molecule has 88 valence electrons. The van der Waals surface area contributed by atoms with Crippen molar-refractivity contribution in [3.8, 4) is 0 Å². The SMILES string of the molecule is NNC(CCC1CCCC1)c1cnccn1. The lowest BCUT2D eigenvalue weighted by atomic mass is 9.97. The first-order valence-electron chi connectivity index (χ1n) is 6.12. The molecule has 1 unspecified atom stereocenters. The maximum Gasteiger partial charge on any atom is 0.0769 e. The third kappa shape index (κ3) is 3.00. The number of nitrogens with two attached hydrogens (primary N) is 1. The van der Waals surface area contributed by atoms with Crippen LogP contribution in [-0.2, 0) is 0 Å². The quantitative estimate of drug-likeness (QED) is 0.588. The Kier molecular flexibility index (Phi) is 4.25. The summed E-state index contributed by atoms with van der Waals surface area (Å²) in [5.41, 5.74) is 3.79. The summed E-state index contributed by atoms with van der Waals surface area (Å²) >= 11 is 0. The van der Waals surface area contributed by atoms with E-state index in [1.54, 1.807) is 18.6 Å². The lowest BCUT2D eigenvalue weighted by molar-refractivity contribution is 0.411. The van der Waals surface area contributed by atoms with Gasteiger partial charge in [-0.3, -0.25) is 21.2 Å². The summed E-state index contributed by atoms with van der Waals surface area (Å²) in [5.74, 6) is 6.47. The van der Waals surface area contributed by atoms with Crippen molar-refractivity contribution in [2.75, 3.05) is 0 Å². The molecule has 0 aliphatic heterocycles. The molecule has 0 spiro atoms. The molecule has 0 aromatic carbocycles. The third-order valence-corrected chi connectivity index (χ3v) is 3.48. The molecule has 0 radical (unpaired) electrons. The fourth-order valence-electron chi connectivity index (χ4n) is 2.51. The fraction of sp³-hybridized carbons (Fsp3) is 0.667. The van der Waals surface area contributed by atoms with E-state index < -0.39 is 0 Å². The highest BCUT2D eigenvalue weighted by Gasteiger charge is 2.18. The third-order valence-electron chi connectivity index (χ3n) is 3.48. The molecule has 1 heterocycles. The van der Waals surface area contributed by atoms with Crippen molar-refractivity contribution in [1.82, 2.24) is 15.4 Å². The molecule has 1 aliphatic carbocycles. The number of rotatable bonds is 5. The molecule has 4 heteroatoms. The molecule has 1 atom stereocenters. The molecule has 4 nitrogen and oxygen atoms in total. The van der Waals surface area contributed by atoms with Gasteiger partial charge in [-0.1, -0.05) is 25.7 Å². The predicted octanol–water partition coefficient (Wildman–Crippen LogP) is 1.95. The lowest BCUT2D eigenvalue weighted by Gasteiger charge is -2.17. The Hall–Kier alpha value is -1.00. The van der Waals surface area contributed by atoms with E-state index in [4.69, 9.17) is 5.84 Å². The number of hydrazine groups is 1. The van der Waals surface area contributed by atoms with Crippen molar-refractivity contribution in [1.29, 1.82) is 0 Å². The summed E-state index contributed by atoms with van der Waals surface area (Å²) in [6.45, 7) is 0. The Bertz CT molecular complexity index is 295. The topological polar surface area (TPSA) is 63.8 Å². The molecule has 1 fully saturated rings. The summed E-state index contributed by atoms with van der Waals surface area (Å²) in [6.07, 6.45) is 13.1. The van der Waals surface area contributed by atoms with Crippen LogP contribution in [0.5, 0.6) is 0 Å². The van der Waals surface area contributed by atoms with Crippen molar-refractivity contribution in [3.63, 3.8) is 0 Å². The molecule has 1 aromatic rings. The second-order valence-corrected chi connectivity index (χ2v) is 4.58. The van der Waals surface area contributed by atoms with E-state index in [9.17, 15) is 0 Å². The average molecular weight is 220 g/mol. The zero-order valence-electron chi connectivity index (χ0n) is 9.60. The van der Waals surface area contributed by atoms with Gasteiger partial charge >= 0.3 is 0 Å². The van der Waals surface area contributed by atoms with Crippen LogP contribution in [-0.4, -0.2) is 9.97 Å². The molecule has 16 heavy (non-hydrogen) atoms. The second kappa shape index (κ2) is 5.92. The fourth-order valence-corrected chi connectivity index (χ4v) is 2.51. The maximum atomic E-state index is 5.57. The highest BCUT2D eigenvalue weighted by Crippen LogP contribution is 2.30. The van der Waals surface area contributed by atoms with Crippen LogP contribution in [0.15, 0.2) is 18.6 Å². The van der Waals surface area contributed by atoms with Crippen LogP contribution in [0, 0.1) is 5.92 Å². The van der Waals surface area contributed by atoms with Crippen molar-refractivity contribution in [3.05, 3.63) is 24.3 Å². The zero-order chi connectivity index (χ0) is 11.2. The first-order chi connectivity index (χ1) is 7.90. The van der Waals surface area contributed by atoms with E-state index in [0.29, 0.717) is 0 Å². The summed E-state index contributed by atoms with van der Waals surface area (Å²) in [6, 6.07) is 0.147. The van der Waals surface area contributed by atoms with E-state index in [1.807, 2.05) is 0 Å². The zero-order valence-corrected chi connectivity index (χ0v) is 9.60. The monoisotopic (exact) mass is 220 g/mol. The van der Waals surface area contributed by atoms with Crippen LogP contribution in [0.3, 0.4) is 0 Å². The number of nitrogens with one attached hydrogen (secondary N) is 1. The highest BCUT2D eigenvalue weighted by atomic mass is 15.2. The Morgan fingerprint density at radius 3 is 2.81 bits per heavy atom. The molecular weight excluding hydrogens is 200 g/mol. The van der Waals surface area contributed by atoms with Gasteiger partial charge in [0, 0.05) is 12.4 Å². The molecular formula is C12H20N4. The van der Waals surface area contributed by atoms with Crippen molar-refractivity contribution in [2.24, 2.45) is 11.8 Å². The van der Waals surface area contributed by atoms with Crippen LogP contribution in [0.25, 0.3) is 0 Å². The van der Waals surface area contributed by atoms with E-state index in [1.165, 1.54) is 32.1 Å². The van der Waals surface area contributed by atoms with Gasteiger partial charge in [0.05, 0.1) is 17.9 Å². The standard InChI is InChI=1S/C12H20N4/c13-16-11(12-9-14-7-8-15-12)6-5-10-3-1-2-4-10/h7-11,16H,1-6,13H2. The van der Waals surface area contributed by atoms with Crippen molar-refractivity contribution >= 4 is 0 Å².